The number of hydrogen-bond acceptors (Lipinski definition) is 2. The second-order valence-electron chi connectivity index (χ2n) is 8.00. The third kappa shape index (κ3) is 3.40. The molecule has 1 aliphatic heterocycles. The summed E-state index contributed by atoms with van der Waals surface area (Å²) in [7, 11) is 0. The van der Waals surface area contributed by atoms with Gasteiger partial charge in [-0.3, -0.25) is 4.98 Å². The average Bonchev–Trinajstić information content (AvgIpc) is 3.28. The highest BCUT2D eigenvalue weighted by molar-refractivity contribution is 7.80. The van der Waals surface area contributed by atoms with Gasteiger partial charge in [-0.15, -0.1) is 0 Å². The number of aromatic nitrogens is 2. The van der Waals surface area contributed by atoms with Crippen molar-refractivity contribution in [3.8, 4) is 0 Å². The van der Waals surface area contributed by atoms with Gasteiger partial charge < -0.3 is 14.8 Å². The highest BCUT2D eigenvalue weighted by Gasteiger charge is 2.41. The molecule has 28 heavy (non-hydrogen) atoms. The number of rotatable bonds is 3. The van der Waals surface area contributed by atoms with Gasteiger partial charge in [0.1, 0.15) is 5.82 Å². The molecule has 0 saturated carbocycles. The van der Waals surface area contributed by atoms with E-state index < -0.39 is 0 Å². The highest BCUT2D eigenvalue weighted by Crippen LogP contribution is 2.41. The van der Waals surface area contributed by atoms with E-state index in [1.807, 2.05) is 18.2 Å². The van der Waals surface area contributed by atoms with Gasteiger partial charge in [-0.05, 0) is 81.0 Å². The first-order chi connectivity index (χ1) is 13.3. The van der Waals surface area contributed by atoms with Crippen LogP contribution >= 0.6 is 12.2 Å². The molecular formula is C22H23FN4S. The van der Waals surface area contributed by atoms with E-state index >= 15 is 0 Å². The Morgan fingerprint density at radius 3 is 2.43 bits per heavy atom. The zero-order valence-electron chi connectivity index (χ0n) is 16.1. The molecule has 4 rings (SSSR count). The normalized spacial score (nSPS) is 19.7. The molecule has 1 N–H and O–H groups in total. The first-order valence-electron chi connectivity index (χ1n) is 9.29. The number of anilines is 1. The lowest BCUT2D eigenvalue weighted by atomic mass is 9.98. The zero-order valence-corrected chi connectivity index (χ0v) is 16.9. The van der Waals surface area contributed by atoms with Crippen molar-refractivity contribution in [2.24, 2.45) is 0 Å². The molecule has 1 fully saturated rings. The van der Waals surface area contributed by atoms with E-state index in [0.29, 0.717) is 5.11 Å². The summed E-state index contributed by atoms with van der Waals surface area (Å²) in [5.74, 6) is -0.265. The van der Waals surface area contributed by atoms with Crippen molar-refractivity contribution in [2.75, 3.05) is 4.90 Å². The lowest BCUT2D eigenvalue weighted by molar-refractivity contribution is 0.397. The summed E-state index contributed by atoms with van der Waals surface area (Å²) in [6.07, 6.45) is 6.04. The number of hydrogen-bond donors (Lipinski definition) is 1. The molecule has 1 aliphatic rings. The molecular weight excluding hydrogens is 371 g/mol. The van der Waals surface area contributed by atoms with E-state index in [0.717, 1.165) is 16.9 Å². The zero-order chi connectivity index (χ0) is 19.9. The van der Waals surface area contributed by atoms with E-state index in [1.54, 1.807) is 18.3 Å². The summed E-state index contributed by atoms with van der Waals surface area (Å²) < 4.78 is 15.7. The Balaban J connectivity index is 1.81. The van der Waals surface area contributed by atoms with Gasteiger partial charge in [-0.1, -0.05) is 6.07 Å². The molecule has 4 nitrogen and oxygen atoms in total. The number of nitrogens with zero attached hydrogens (tertiary/aromatic N) is 3. The third-order valence-electron chi connectivity index (χ3n) is 5.03. The fourth-order valence-corrected chi connectivity index (χ4v) is 3.92. The Kier molecular flexibility index (Phi) is 4.67. The van der Waals surface area contributed by atoms with E-state index in [2.05, 4.69) is 59.0 Å². The molecule has 0 amide bonds. The molecule has 144 valence electrons. The first kappa shape index (κ1) is 18.6. The van der Waals surface area contributed by atoms with E-state index in [-0.39, 0.29) is 23.4 Å². The van der Waals surface area contributed by atoms with Crippen molar-refractivity contribution in [3.63, 3.8) is 0 Å². The van der Waals surface area contributed by atoms with Crippen LogP contribution in [0.15, 0.2) is 67.1 Å². The Labute approximate surface area is 170 Å². The highest BCUT2D eigenvalue weighted by atomic mass is 32.1. The quantitative estimate of drug-likeness (QED) is 0.637. The molecule has 1 saturated heterocycles. The number of pyridine rings is 1. The van der Waals surface area contributed by atoms with Crippen LogP contribution in [0.3, 0.4) is 0 Å². The van der Waals surface area contributed by atoms with Gasteiger partial charge in [0.2, 0.25) is 0 Å². The molecule has 1 aromatic carbocycles. The third-order valence-corrected chi connectivity index (χ3v) is 5.35. The van der Waals surface area contributed by atoms with Crippen LogP contribution in [0.5, 0.6) is 0 Å². The van der Waals surface area contributed by atoms with Crippen LogP contribution in [-0.2, 0) is 5.54 Å². The summed E-state index contributed by atoms with van der Waals surface area (Å²) in [5.41, 5.74) is 2.88. The van der Waals surface area contributed by atoms with Crippen LogP contribution in [0.25, 0.3) is 0 Å². The Morgan fingerprint density at radius 1 is 1.07 bits per heavy atom. The van der Waals surface area contributed by atoms with Gasteiger partial charge in [-0.25, -0.2) is 4.39 Å². The fraction of sp³-hybridized carbons (Fsp3) is 0.273. The van der Waals surface area contributed by atoms with Gasteiger partial charge in [0.05, 0.1) is 17.8 Å². The lowest BCUT2D eigenvalue weighted by Gasteiger charge is -2.27. The SMILES string of the molecule is CC(C)(C)n1ccc([C@H]2[C@@H](c3ccccn3)NC(=S)N2c2ccc(F)cc2)c1. The predicted octanol–water partition coefficient (Wildman–Crippen LogP) is 4.95. The minimum atomic E-state index is -0.265. The second-order valence-corrected chi connectivity index (χ2v) is 8.38. The number of halogens is 1. The minimum absolute atomic E-state index is 0.0218. The summed E-state index contributed by atoms with van der Waals surface area (Å²) in [6.45, 7) is 6.51. The van der Waals surface area contributed by atoms with Crippen molar-refractivity contribution < 1.29 is 4.39 Å². The summed E-state index contributed by atoms with van der Waals surface area (Å²) in [5, 5.41) is 4.03. The molecule has 2 atom stereocenters. The van der Waals surface area contributed by atoms with Gasteiger partial charge in [0.15, 0.2) is 5.11 Å². The van der Waals surface area contributed by atoms with Gasteiger partial charge in [0.25, 0.3) is 0 Å². The largest absolute Gasteiger partial charge is 0.351 e. The van der Waals surface area contributed by atoms with Crippen LogP contribution in [0.1, 0.15) is 44.1 Å². The predicted molar refractivity (Wildman–Crippen MR) is 114 cm³/mol. The molecule has 0 radical (unpaired) electrons. The first-order valence-corrected chi connectivity index (χ1v) is 9.70. The van der Waals surface area contributed by atoms with Crippen LogP contribution in [0.2, 0.25) is 0 Å². The van der Waals surface area contributed by atoms with Crippen molar-refractivity contribution in [3.05, 3.63) is 84.2 Å². The maximum atomic E-state index is 13.5. The summed E-state index contributed by atoms with van der Waals surface area (Å²) in [4.78, 5) is 6.61. The molecule has 3 aromatic rings. The Bertz CT molecular complexity index is 976. The van der Waals surface area contributed by atoms with Crippen molar-refractivity contribution in [1.82, 2.24) is 14.9 Å². The van der Waals surface area contributed by atoms with Crippen molar-refractivity contribution in [2.45, 2.75) is 38.4 Å². The van der Waals surface area contributed by atoms with Crippen LogP contribution < -0.4 is 10.2 Å². The maximum Gasteiger partial charge on any atom is 0.174 e. The standard InChI is InChI=1S/C22H23FN4S/c1-22(2,3)26-13-11-15(14-26)20-19(18-6-4-5-12-24-18)25-21(28)27(20)17-9-7-16(23)8-10-17/h4-14,19-20H,1-3H3,(H,25,28)/t19-,20+/m1/s1. The van der Waals surface area contributed by atoms with Crippen LogP contribution in [-0.4, -0.2) is 14.7 Å². The van der Waals surface area contributed by atoms with E-state index in [4.69, 9.17) is 12.2 Å². The van der Waals surface area contributed by atoms with E-state index in [1.165, 1.54) is 12.1 Å². The maximum absolute atomic E-state index is 13.5. The van der Waals surface area contributed by atoms with Gasteiger partial charge >= 0.3 is 0 Å². The number of thiocarbonyl (C=S) groups is 1. The molecule has 6 heteroatoms. The summed E-state index contributed by atoms with van der Waals surface area (Å²) >= 11 is 5.68. The van der Waals surface area contributed by atoms with Crippen LogP contribution in [0, 0.1) is 5.82 Å². The minimum Gasteiger partial charge on any atom is -0.351 e. The number of benzene rings is 1. The topological polar surface area (TPSA) is 33.1 Å². The van der Waals surface area contributed by atoms with Gasteiger partial charge in [-0.2, -0.15) is 0 Å². The van der Waals surface area contributed by atoms with Crippen molar-refractivity contribution in [1.29, 1.82) is 0 Å². The Hall–Kier alpha value is -2.73. The Morgan fingerprint density at radius 2 is 1.82 bits per heavy atom. The molecule has 0 aliphatic carbocycles. The van der Waals surface area contributed by atoms with Gasteiger partial charge in [0, 0.05) is 29.8 Å². The molecule has 0 spiro atoms. The van der Waals surface area contributed by atoms with Crippen molar-refractivity contribution >= 4 is 23.0 Å². The number of nitrogens with one attached hydrogen (secondary N) is 1. The molecule has 3 heterocycles. The smallest absolute Gasteiger partial charge is 0.174 e. The monoisotopic (exact) mass is 394 g/mol. The summed E-state index contributed by atoms with van der Waals surface area (Å²) in [6, 6.07) is 14.3. The molecule has 0 unspecified atom stereocenters. The van der Waals surface area contributed by atoms with E-state index in [9.17, 15) is 4.39 Å². The molecule has 0 bridgehead atoms. The lowest BCUT2D eigenvalue weighted by Crippen LogP contribution is -2.29. The second kappa shape index (κ2) is 7.02. The molecule has 2 aromatic heterocycles. The average molecular weight is 395 g/mol. The fourth-order valence-electron chi connectivity index (χ4n) is 3.58. The van der Waals surface area contributed by atoms with Crippen LogP contribution in [0.4, 0.5) is 10.1 Å².